The van der Waals surface area contributed by atoms with Gasteiger partial charge < -0.3 is 9.47 Å². The van der Waals surface area contributed by atoms with E-state index in [-0.39, 0.29) is 5.91 Å². The lowest BCUT2D eigenvalue weighted by molar-refractivity contribution is 0.0955. The minimum atomic E-state index is -0.303. The highest BCUT2D eigenvalue weighted by Crippen LogP contribution is 2.28. The molecule has 6 heteroatoms. The van der Waals surface area contributed by atoms with Crippen LogP contribution in [-0.4, -0.2) is 24.2 Å². The normalized spacial score (nSPS) is 10.6. The lowest BCUT2D eigenvalue weighted by atomic mass is 10.2. The van der Waals surface area contributed by atoms with Crippen molar-refractivity contribution in [2.45, 2.75) is 6.61 Å². The molecule has 1 amide bonds. The Labute approximate surface area is 157 Å². The summed E-state index contributed by atoms with van der Waals surface area (Å²) in [4.78, 5) is 15.8. The van der Waals surface area contributed by atoms with Crippen LogP contribution in [0.5, 0.6) is 11.5 Å². The van der Waals surface area contributed by atoms with E-state index in [1.165, 1.54) is 0 Å². The predicted octanol–water partition coefficient (Wildman–Crippen LogP) is 3.43. The van der Waals surface area contributed by atoms with Crippen molar-refractivity contribution in [3.05, 3.63) is 89.7 Å². The topological polar surface area (TPSA) is 72.8 Å². The zero-order valence-electron chi connectivity index (χ0n) is 14.8. The number of methoxy groups -OCH3 is 1. The van der Waals surface area contributed by atoms with Crippen molar-refractivity contribution < 1.29 is 14.3 Å². The van der Waals surface area contributed by atoms with Crippen molar-refractivity contribution in [2.75, 3.05) is 7.11 Å². The standard InChI is InChI=1S/C21H19N3O3/c1-26-19-8-7-17(13-20(19)27-15-16-5-3-2-4-6-16)14-23-24-21(25)18-9-11-22-12-10-18/h2-14H,15H2,1H3,(H,24,25)/b23-14-. The van der Waals surface area contributed by atoms with E-state index >= 15 is 0 Å². The molecule has 0 aliphatic heterocycles. The lowest BCUT2D eigenvalue weighted by Crippen LogP contribution is -2.17. The Morgan fingerprint density at radius 2 is 1.85 bits per heavy atom. The van der Waals surface area contributed by atoms with E-state index in [9.17, 15) is 4.79 Å². The van der Waals surface area contributed by atoms with Crippen LogP contribution >= 0.6 is 0 Å². The molecule has 3 rings (SSSR count). The largest absolute Gasteiger partial charge is 0.493 e. The van der Waals surface area contributed by atoms with E-state index in [4.69, 9.17) is 9.47 Å². The predicted molar refractivity (Wildman–Crippen MR) is 103 cm³/mol. The minimum absolute atomic E-state index is 0.303. The number of amides is 1. The van der Waals surface area contributed by atoms with Crippen molar-refractivity contribution in [3.63, 3.8) is 0 Å². The summed E-state index contributed by atoms with van der Waals surface area (Å²) >= 11 is 0. The monoisotopic (exact) mass is 361 g/mol. The smallest absolute Gasteiger partial charge is 0.271 e. The fourth-order valence-corrected chi connectivity index (χ4v) is 2.35. The number of nitrogens with zero attached hydrogens (tertiary/aromatic N) is 2. The summed E-state index contributed by atoms with van der Waals surface area (Å²) in [5.74, 6) is 0.928. The van der Waals surface area contributed by atoms with Crippen molar-refractivity contribution in [3.8, 4) is 11.5 Å². The average Bonchev–Trinajstić information content (AvgIpc) is 2.73. The van der Waals surface area contributed by atoms with Gasteiger partial charge in [-0.05, 0) is 41.5 Å². The first-order valence-corrected chi connectivity index (χ1v) is 8.34. The zero-order chi connectivity index (χ0) is 18.9. The molecule has 0 atom stereocenters. The van der Waals surface area contributed by atoms with Gasteiger partial charge in [-0.3, -0.25) is 9.78 Å². The van der Waals surface area contributed by atoms with E-state index < -0.39 is 0 Å². The highest BCUT2D eigenvalue weighted by molar-refractivity contribution is 5.94. The fourth-order valence-electron chi connectivity index (χ4n) is 2.35. The number of pyridine rings is 1. The van der Waals surface area contributed by atoms with Crippen LogP contribution in [0.15, 0.2) is 78.2 Å². The molecule has 136 valence electrons. The highest BCUT2D eigenvalue weighted by Gasteiger charge is 2.06. The lowest BCUT2D eigenvalue weighted by Gasteiger charge is -2.11. The number of nitrogens with one attached hydrogen (secondary N) is 1. The number of carbonyl (C=O) groups excluding carboxylic acids is 1. The molecule has 0 saturated carbocycles. The van der Waals surface area contributed by atoms with Gasteiger partial charge in [0.05, 0.1) is 13.3 Å². The number of aromatic nitrogens is 1. The van der Waals surface area contributed by atoms with Gasteiger partial charge in [-0.15, -0.1) is 0 Å². The zero-order valence-corrected chi connectivity index (χ0v) is 14.8. The molecular formula is C21H19N3O3. The quantitative estimate of drug-likeness (QED) is 0.517. The molecule has 0 fully saturated rings. The summed E-state index contributed by atoms with van der Waals surface area (Å²) in [6.45, 7) is 0.427. The van der Waals surface area contributed by atoms with Crippen LogP contribution in [0.25, 0.3) is 0 Å². The molecular weight excluding hydrogens is 342 g/mol. The second-order valence-electron chi connectivity index (χ2n) is 5.62. The first kappa shape index (κ1) is 18.1. The number of rotatable bonds is 7. The molecule has 1 N–H and O–H groups in total. The SMILES string of the molecule is COc1ccc(/C=N\NC(=O)c2ccncc2)cc1OCc1ccccc1. The summed E-state index contributed by atoms with van der Waals surface area (Å²) < 4.78 is 11.2. The molecule has 2 aromatic carbocycles. The van der Waals surface area contributed by atoms with Gasteiger partial charge in [-0.2, -0.15) is 5.10 Å². The first-order chi connectivity index (χ1) is 13.3. The Bertz CT molecular complexity index is 912. The molecule has 3 aromatic rings. The molecule has 0 aliphatic carbocycles. The van der Waals surface area contributed by atoms with Gasteiger partial charge in [-0.1, -0.05) is 30.3 Å². The van der Waals surface area contributed by atoms with Crippen molar-refractivity contribution in [1.29, 1.82) is 0 Å². The number of benzene rings is 2. The number of hydrogen-bond donors (Lipinski definition) is 1. The Morgan fingerprint density at radius 3 is 2.59 bits per heavy atom. The summed E-state index contributed by atoms with van der Waals surface area (Å²) in [7, 11) is 1.59. The van der Waals surface area contributed by atoms with Crippen LogP contribution in [0.2, 0.25) is 0 Å². The van der Waals surface area contributed by atoms with Gasteiger partial charge in [0.1, 0.15) is 6.61 Å². The summed E-state index contributed by atoms with van der Waals surface area (Å²) in [5, 5.41) is 3.99. The van der Waals surface area contributed by atoms with Crippen LogP contribution in [0.4, 0.5) is 0 Å². The maximum absolute atomic E-state index is 12.0. The van der Waals surface area contributed by atoms with E-state index in [0.29, 0.717) is 23.7 Å². The van der Waals surface area contributed by atoms with E-state index in [1.807, 2.05) is 42.5 Å². The highest BCUT2D eigenvalue weighted by atomic mass is 16.5. The van der Waals surface area contributed by atoms with Gasteiger partial charge in [0.2, 0.25) is 0 Å². The molecule has 0 spiro atoms. The molecule has 0 bridgehead atoms. The molecule has 6 nitrogen and oxygen atoms in total. The fraction of sp³-hybridized carbons (Fsp3) is 0.0952. The molecule has 27 heavy (non-hydrogen) atoms. The molecule has 0 unspecified atom stereocenters. The van der Waals surface area contributed by atoms with Crippen LogP contribution in [0.3, 0.4) is 0 Å². The molecule has 0 aliphatic rings. The number of ether oxygens (including phenoxy) is 2. The van der Waals surface area contributed by atoms with Gasteiger partial charge in [0.15, 0.2) is 11.5 Å². The summed E-state index contributed by atoms with van der Waals surface area (Å²) in [6, 6.07) is 18.5. The van der Waals surface area contributed by atoms with Gasteiger partial charge >= 0.3 is 0 Å². The van der Waals surface area contributed by atoms with E-state index in [1.54, 1.807) is 43.9 Å². The van der Waals surface area contributed by atoms with Crippen LogP contribution < -0.4 is 14.9 Å². The van der Waals surface area contributed by atoms with Gasteiger partial charge in [-0.25, -0.2) is 5.43 Å². The second kappa shape index (κ2) is 9.15. The third kappa shape index (κ3) is 5.15. The van der Waals surface area contributed by atoms with E-state index in [2.05, 4.69) is 15.5 Å². The maximum Gasteiger partial charge on any atom is 0.271 e. The Morgan fingerprint density at radius 1 is 1.07 bits per heavy atom. The van der Waals surface area contributed by atoms with Gasteiger partial charge in [0, 0.05) is 18.0 Å². The second-order valence-corrected chi connectivity index (χ2v) is 5.62. The molecule has 0 radical (unpaired) electrons. The molecule has 0 saturated heterocycles. The molecule has 1 heterocycles. The maximum atomic E-state index is 12.0. The van der Waals surface area contributed by atoms with Gasteiger partial charge in [0.25, 0.3) is 5.91 Å². The van der Waals surface area contributed by atoms with Crippen LogP contribution in [0, 0.1) is 0 Å². The number of carbonyl (C=O) groups is 1. The van der Waals surface area contributed by atoms with Crippen molar-refractivity contribution in [2.24, 2.45) is 5.10 Å². The Balaban J connectivity index is 1.66. The number of hydrazone groups is 1. The van der Waals surface area contributed by atoms with Crippen molar-refractivity contribution in [1.82, 2.24) is 10.4 Å². The van der Waals surface area contributed by atoms with Crippen LogP contribution in [-0.2, 0) is 6.61 Å². The Kier molecular flexibility index (Phi) is 6.14. The summed E-state index contributed by atoms with van der Waals surface area (Å²) in [5.41, 5.74) is 4.80. The van der Waals surface area contributed by atoms with E-state index in [0.717, 1.165) is 11.1 Å². The van der Waals surface area contributed by atoms with Crippen LogP contribution in [0.1, 0.15) is 21.5 Å². The third-order valence-electron chi connectivity index (χ3n) is 3.75. The third-order valence-corrected chi connectivity index (χ3v) is 3.75. The minimum Gasteiger partial charge on any atom is -0.493 e. The average molecular weight is 361 g/mol. The Hall–Kier alpha value is -3.67. The number of hydrogen-bond acceptors (Lipinski definition) is 5. The summed E-state index contributed by atoms with van der Waals surface area (Å²) in [6.07, 6.45) is 4.66. The van der Waals surface area contributed by atoms with Crippen molar-refractivity contribution >= 4 is 12.1 Å². The molecule has 1 aromatic heterocycles. The first-order valence-electron chi connectivity index (χ1n) is 8.34.